The molecule has 10 heteroatoms. The first kappa shape index (κ1) is 20.2. The number of nitrogens with one attached hydrogen (secondary N) is 1. The number of benzene rings is 1. The smallest absolute Gasteiger partial charge is 0.253 e. The second kappa shape index (κ2) is 8.42. The Balaban J connectivity index is 1.41. The van der Waals surface area contributed by atoms with E-state index in [2.05, 4.69) is 30.6 Å². The predicted octanol–water partition coefficient (Wildman–Crippen LogP) is 2.36. The van der Waals surface area contributed by atoms with Gasteiger partial charge in [0.25, 0.3) is 5.56 Å². The van der Waals surface area contributed by atoms with E-state index in [-0.39, 0.29) is 18.0 Å². The predicted molar refractivity (Wildman–Crippen MR) is 121 cm³/mol. The molecular formula is C23H18N8O2. The lowest BCUT2D eigenvalue weighted by Gasteiger charge is -2.09. The van der Waals surface area contributed by atoms with Crippen LogP contribution in [0.2, 0.25) is 0 Å². The highest BCUT2D eigenvalue weighted by atomic mass is 16.2. The van der Waals surface area contributed by atoms with Crippen LogP contribution in [0.5, 0.6) is 0 Å². The molecule has 1 amide bonds. The van der Waals surface area contributed by atoms with Crippen molar-refractivity contribution >= 4 is 17.2 Å². The zero-order valence-electron chi connectivity index (χ0n) is 17.6. The van der Waals surface area contributed by atoms with Crippen LogP contribution in [-0.4, -0.2) is 40.3 Å². The molecule has 0 fully saturated rings. The van der Waals surface area contributed by atoms with E-state index in [1.165, 1.54) is 17.0 Å². The standard InChI is InChI=1S/C23H18N8O2/c1-15-10-22(33)30(14-25-15)13-21(32)26-18-6-2-4-16(11-18)19-7-8-20-27-28-23(31(20)29-19)17-5-3-9-24-12-17/h2-12,14H,13H2,1H3,(H,26,32). The largest absolute Gasteiger partial charge is 0.325 e. The summed E-state index contributed by atoms with van der Waals surface area (Å²) in [5.41, 5.74) is 3.81. The first-order chi connectivity index (χ1) is 16.1. The summed E-state index contributed by atoms with van der Waals surface area (Å²) in [4.78, 5) is 32.7. The molecule has 0 aliphatic heterocycles. The number of aromatic nitrogens is 7. The van der Waals surface area contributed by atoms with Crippen LogP contribution in [-0.2, 0) is 11.3 Å². The van der Waals surface area contributed by atoms with Crippen molar-refractivity contribution in [2.45, 2.75) is 13.5 Å². The fourth-order valence-corrected chi connectivity index (χ4v) is 3.36. The van der Waals surface area contributed by atoms with Crippen LogP contribution in [0, 0.1) is 6.92 Å². The summed E-state index contributed by atoms with van der Waals surface area (Å²) in [5, 5.41) is 15.9. The molecule has 1 aromatic carbocycles. The molecule has 0 aliphatic rings. The lowest BCUT2D eigenvalue weighted by Crippen LogP contribution is -2.27. The molecule has 0 saturated heterocycles. The van der Waals surface area contributed by atoms with E-state index in [1.807, 2.05) is 42.5 Å². The van der Waals surface area contributed by atoms with Crippen LogP contribution < -0.4 is 10.9 Å². The van der Waals surface area contributed by atoms with Gasteiger partial charge in [0.2, 0.25) is 5.91 Å². The maximum absolute atomic E-state index is 12.5. The van der Waals surface area contributed by atoms with Gasteiger partial charge in [-0.1, -0.05) is 12.1 Å². The topological polar surface area (TPSA) is 120 Å². The third-order valence-corrected chi connectivity index (χ3v) is 4.95. The van der Waals surface area contributed by atoms with Gasteiger partial charge in [-0.3, -0.25) is 19.1 Å². The van der Waals surface area contributed by atoms with Gasteiger partial charge in [0.15, 0.2) is 11.5 Å². The highest BCUT2D eigenvalue weighted by molar-refractivity contribution is 5.91. The van der Waals surface area contributed by atoms with Gasteiger partial charge < -0.3 is 5.32 Å². The van der Waals surface area contributed by atoms with Gasteiger partial charge >= 0.3 is 0 Å². The number of pyridine rings is 1. The third-order valence-electron chi connectivity index (χ3n) is 4.95. The molecule has 10 nitrogen and oxygen atoms in total. The van der Waals surface area contributed by atoms with Crippen molar-refractivity contribution in [1.82, 2.24) is 34.3 Å². The number of hydrogen-bond donors (Lipinski definition) is 1. The first-order valence-electron chi connectivity index (χ1n) is 10.1. The summed E-state index contributed by atoms with van der Waals surface area (Å²) in [6.45, 7) is 1.60. The molecule has 162 valence electrons. The summed E-state index contributed by atoms with van der Waals surface area (Å²) >= 11 is 0. The molecule has 0 spiro atoms. The Hall–Kier alpha value is -4.73. The summed E-state index contributed by atoms with van der Waals surface area (Å²) < 4.78 is 2.92. The quantitative estimate of drug-likeness (QED) is 0.447. The Kier molecular flexibility index (Phi) is 5.15. The monoisotopic (exact) mass is 438 g/mol. The maximum Gasteiger partial charge on any atom is 0.253 e. The molecule has 0 atom stereocenters. The minimum atomic E-state index is -0.332. The van der Waals surface area contributed by atoms with E-state index in [1.54, 1.807) is 29.9 Å². The third kappa shape index (κ3) is 4.22. The fourth-order valence-electron chi connectivity index (χ4n) is 3.36. The molecular weight excluding hydrogens is 420 g/mol. The number of amides is 1. The molecule has 0 aliphatic carbocycles. The second-order valence-corrected chi connectivity index (χ2v) is 7.38. The van der Waals surface area contributed by atoms with E-state index in [0.29, 0.717) is 28.5 Å². The molecule has 5 aromatic rings. The van der Waals surface area contributed by atoms with Crippen molar-refractivity contribution in [3.05, 3.63) is 89.4 Å². The summed E-state index contributed by atoms with van der Waals surface area (Å²) in [7, 11) is 0. The number of rotatable bonds is 5. The van der Waals surface area contributed by atoms with Crippen molar-refractivity contribution in [3.8, 4) is 22.6 Å². The molecule has 33 heavy (non-hydrogen) atoms. The van der Waals surface area contributed by atoms with Gasteiger partial charge in [0.1, 0.15) is 6.54 Å². The van der Waals surface area contributed by atoms with Crippen LogP contribution in [0.4, 0.5) is 5.69 Å². The molecule has 4 aromatic heterocycles. The van der Waals surface area contributed by atoms with Gasteiger partial charge in [-0.15, -0.1) is 10.2 Å². The van der Waals surface area contributed by atoms with Gasteiger partial charge in [-0.25, -0.2) is 4.98 Å². The van der Waals surface area contributed by atoms with Crippen molar-refractivity contribution in [3.63, 3.8) is 0 Å². The number of nitrogens with zero attached hydrogens (tertiary/aromatic N) is 7. The van der Waals surface area contributed by atoms with Crippen LogP contribution in [0.1, 0.15) is 5.69 Å². The molecule has 4 heterocycles. The highest BCUT2D eigenvalue weighted by Crippen LogP contribution is 2.23. The lowest BCUT2D eigenvalue weighted by atomic mass is 10.1. The van der Waals surface area contributed by atoms with Crippen LogP contribution in [0.25, 0.3) is 28.3 Å². The SMILES string of the molecule is Cc1cc(=O)n(CC(=O)Nc2cccc(-c3ccc4nnc(-c5cccnc5)n4n3)c2)cn1. The maximum atomic E-state index is 12.5. The molecule has 0 unspecified atom stereocenters. The Morgan fingerprint density at radius 1 is 1.03 bits per heavy atom. The number of carbonyl (C=O) groups is 1. The van der Waals surface area contributed by atoms with Gasteiger partial charge in [-0.05, 0) is 43.3 Å². The van der Waals surface area contributed by atoms with E-state index in [9.17, 15) is 9.59 Å². The minimum Gasteiger partial charge on any atom is -0.325 e. The number of aryl methyl sites for hydroxylation is 1. The minimum absolute atomic E-state index is 0.129. The summed E-state index contributed by atoms with van der Waals surface area (Å²) in [5.74, 6) is 0.252. The number of fused-ring (bicyclic) bond motifs is 1. The van der Waals surface area contributed by atoms with Crippen molar-refractivity contribution < 1.29 is 4.79 Å². The van der Waals surface area contributed by atoms with E-state index in [0.717, 1.165) is 11.1 Å². The Labute approximate surface area is 187 Å². The van der Waals surface area contributed by atoms with E-state index < -0.39 is 0 Å². The first-order valence-corrected chi connectivity index (χ1v) is 10.1. The Morgan fingerprint density at radius 3 is 2.73 bits per heavy atom. The zero-order valence-corrected chi connectivity index (χ0v) is 17.6. The normalized spacial score (nSPS) is 10.9. The molecule has 0 radical (unpaired) electrons. The number of hydrogen-bond acceptors (Lipinski definition) is 7. The van der Waals surface area contributed by atoms with E-state index >= 15 is 0 Å². The number of anilines is 1. The Bertz CT molecular complexity index is 1520. The molecule has 5 rings (SSSR count). The average Bonchev–Trinajstić information content (AvgIpc) is 3.25. The molecule has 1 N–H and O–H groups in total. The van der Waals surface area contributed by atoms with Gasteiger partial charge in [0, 0.05) is 41.0 Å². The van der Waals surface area contributed by atoms with Gasteiger partial charge in [-0.2, -0.15) is 9.61 Å². The Morgan fingerprint density at radius 2 is 1.91 bits per heavy atom. The van der Waals surface area contributed by atoms with E-state index in [4.69, 9.17) is 0 Å². The van der Waals surface area contributed by atoms with Crippen molar-refractivity contribution in [1.29, 1.82) is 0 Å². The van der Waals surface area contributed by atoms with Crippen LogP contribution >= 0.6 is 0 Å². The van der Waals surface area contributed by atoms with Crippen molar-refractivity contribution in [2.24, 2.45) is 0 Å². The lowest BCUT2D eigenvalue weighted by molar-refractivity contribution is -0.116. The molecule has 0 bridgehead atoms. The second-order valence-electron chi connectivity index (χ2n) is 7.38. The highest BCUT2D eigenvalue weighted by Gasteiger charge is 2.12. The van der Waals surface area contributed by atoms with Crippen LogP contribution in [0.15, 0.2) is 78.1 Å². The van der Waals surface area contributed by atoms with Crippen molar-refractivity contribution in [2.75, 3.05) is 5.32 Å². The summed E-state index contributed by atoms with van der Waals surface area (Å²) in [6.07, 6.45) is 4.76. The average molecular weight is 438 g/mol. The summed E-state index contributed by atoms with van der Waals surface area (Å²) in [6, 6.07) is 16.1. The van der Waals surface area contributed by atoms with Crippen LogP contribution in [0.3, 0.4) is 0 Å². The fraction of sp³-hybridized carbons (Fsp3) is 0.0870. The van der Waals surface area contributed by atoms with Gasteiger partial charge in [0.05, 0.1) is 12.0 Å². The molecule has 0 saturated carbocycles. The number of carbonyl (C=O) groups excluding carboxylic acids is 1. The zero-order chi connectivity index (χ0) is 22.8.